The molecule has 0 radical (unpaired) electrons. The highest BCUT2D eigenvalue weighted by Crippen LogP contribution is 2.32. The van der Waals surface area contributed by atoms with E-state index in [4.69, 9.17) is 10.5 Å². The number of rotatable bonds is 5. The van der Waals surface area contributed by atoms with Gasteiger partial charge in [-0.2, -0.15) is 0 Å². The molecule has 0 saturated heterocycles. The van der Waals surface area contributed by atoms with E-state index in [0.717, 1.165) is 23.4 Å². The predicted molar refractivity (Wildman–Crippen MR) is 82.1 cm³/mol. The van der Waals surface area contributed by atoms with Crippen molar-refractivity contribution >= 4 is 0 Å². The van der Waals surface area contributed by atoms with Gasteiger partial charge in [0.1, 0.15) is 5.75 Å². The van der Waals surface area contributed by atoms with Gasteiger partial charge in [-0.3, -0.25) is 0 Å². The molecule has 0 fully saturated rings. The van der Waals surface area contributed by atoms with E-state index >= 15 is 0 Å². The molecule has 2 aromatic rings. The zero-order valence-electron chi connectivity index (χ0n) is 12.4. The van der Waals surface area contributed by atoms with Crippen LogP contribution >= 0.6 is 0 Å². The minimum atomic E-state index is 0.425. The molecule has 1 aromatic carbocycles. The standard InChI is InChI=1S/C17H22N2O/c1-4-12(2)15-7-5-6-8-16(15)20-17-14(11-18)10-9-13(3)19-17/h5-10,12H,4,11,18H2,1-3H3. The molecule has 1 unspecified atom stereocenters. The lowest BCUT2D eigenvalue weighted by molar-refractivity contribution is 0.445. The van der Waals surface area contributed by atoms with Gasteiger partial charge in [0.05, 0.1) is 0 Å². The molecule has 1 aromatic heterocycles. The van der Waals surface area contributed by atoms with Crippen LogP contribution in [0.2, 0.25) is 0 Å². The maximum absolute atomic E-state index is 6.04. The molecule has 0 saturated carbocycles. The van der Waals surface area contributed by atoms with Crippen molar-refractivity contribution in [2.24, 2.45) is 5.73 Å². The topological polar surface area (TPSA) is 48.1 Å². The summed E-state index contributed by atoms with van der Waals surface area (Å²) in [6.07, 6.45) is 1.07. The molecule has 0 aliphatic heterocycles. The molecule has 106 valence electrons. The van der Waals surface area contributed by atoms with Crippen molar-refractivity contribution < 1.29 is 4.74 Å². The Bertz CT molecular complexity index is 581. The number of aryl methyl sites for hydroxylation is 1. The Kier molecular flexibility index (Phi) is 4.74. The van der Waals surface area contributed by atoms with Crippen molar-refractivity contribution in [1.29, 1.82) is 0 Å². The Balaban J connectivity index is 2.37. The van der Waals surface area contributed by atoms with Crippen molar-refractivity contribution in [2.75, 3.05) is 0 Å². The van der Waals surface area contributed by atoms with Crippen LogP contribution in [-0.2, 0) is 6.54 Å². The maximum Gasteiger partial charge on any atom is 0.223 e. The average Bonchev–Trinajstić information content (AvgIpc) is 2.47. The van der Waals surface area contributed by atoms with Crippen LogP contribution in [0.15, 0.2) is 36.4 Å². The summed E-state index contributed by atoms with van der Waals surface area (Å²) in [5, 5.41) is 0. The first kappa shape index (κ1) is 14.5. The molecule has 2 N–H and O–H groups in total. The summed E-state index contributed by atoms with van der Waals surface area (Å²) in [6, 6.07) is 12.1. The molecular weight excluding hydrogens is 248 g/mol. The van der Waals surface area contributed by atoms with Crippen molar-refractivity contribution in [1.82, 2.24) is 4.98 Å². The quantitative estimate of drug-likeness (QED) is 0.887. The first-order chi connectivity index (χ1) is 9.65. The second-order valence-electron chi connectivity index (χ2n) is 5.07. The Morgan fingerprint density at radius 1 is 1.20 bits per heavy atom. The summed E-state index contributed by atoms with van der Waals surface area (Å²) < 4.78 is 6.04. The zero-order chi connectivity index (χ0) is 14.5. The fourth-order valence-electron chi connectivity index (χ4n) is 2.11. The summed E-state index contributed by atoms with van der Waals surface area (Å²) in [5.74, 6) is 1.94. The van der Waals surface area contributed by atoms with Gasteiger partial charge >= 0.3 is 0 Å². The molecule has 20 heavy (non-hydrogen) atoms. The molecule has 0 aliphatic rings. The molecule has 1 atom stereocenters. The number of nitrogens with zero attached hydrogens (tertiary/aromatic N) is 1. The molecule has 0 bridgehead atoms. The van der Waals surface area contributed by atoms with E-state index in [1.54, 1.807) is 0 Å². The SMILES string of the molecule is CCC(C)c1ccccc1Oc1nc(C)ccc1CN. The summed E-state index contributed by atoms with van der Waals surface area (Å²) in [6.45, 7) is 6.76. The third-order valence-electron chi connectivity index (χ3n) is 3.57. The van der Waals surface area contributed by atoms with Gasteiger partial charge in [-0.25, -0.2) is 4.98 Å². The minimum absolute atomic E-state index is 0.425. The number of para-hydroxylation sites is 1. The van der Waals surface area contributed by atoms with E-state index in [0.29, 0.717) is 18.3 Å². The van der Waals surface area contributed by atoms with Crippen LogP contribution in [-0.4, -0.2) is 4.98 Å². The lowest BCUT2D eigenvalue weighted by atomic mass is 9.98. The van der Waals surface area contributed by atoms with Gasteiger partial charge in [0.15, 0.2) is 0 Å². The zero-order valence-corrected chi connectivity index (χ0v) is 12.4. The molecule has 0 aliphatic carbocycles. The van der Waals surface area contributed by atoms with E-state index in [-0.39, 0.29) is 0 Å². The normalized spacial score (nSPS) is 12.2. The van der Waals surface area contributed by atoms with E-state index in [2.05, 4.69) is 24.9 Å². The average molecular weight is 270 g/mol. The lowest BCUT2D eigenvalue weighted by Gasteiger charge is -2.16. The highest BCUT2D eigenvalue weighted by atomic mass is 16.5. The highest BCUT2D eigenvalue weighted by molar-refractivity contribution is 5.40. The predicted octanol–water partition coefficient (Wildman–Crippen LogP) is 4.15. The smallest absolute Gasteiger partial charge is 0.223 e. The van der Waals surface area contributed by atoms with Crippen LogP contribution in [0.4, 0.5) is 0 Å². The Labute approximate surface area is 120 Å². The summed E-state index contributed by atoms with van der Waals surface area (Å²) >= 11 is 0. The van der Waals surface area contributed by atoms with Crippen LogP contribution < -0.4 is 10.5 Å². The molecule has 0 amide bonds. The lowest BCUT2D eigenvalue weighted by Crippen LogP contribution is -2.03. The number of hydrogen-bond donors (Lipinski definition) is 1. The van der Waals surface area contributed by atoms with E-state index in [9.17, 15) is 0 Å². The van der Waals surface area contributed by atoms with Gasteiger partial charge in [0.2, 0.25) is 5.88 Å². The van der Waals surface area contributed by atoms with Gasteiger partial charge < -0.3 is 10.5 Å². The van der Waals surface area contributed by atoms with Crippen LogP contribution in [0.5, 0.6) is 11.6 Å². The van der Waals surface area contributed by atoms with Crippen LogP contribution in [0, 0.1) is 6.92 Å². The fraction of sp³-hybridized carbons (Fsp3) is 0.353. The Hall–Kier alpha value is -1.87. The minimum Gasteiger partial charge on any atom is -0.438 e. The third kappa shape index (κ3) is 3.17. The van der Waals surface area contributed by atoms with Crippen LogP contribution in [0.1, 0.15) is 43.0 Å². The number of hydrogen-bond acceptors (Lipinski definition) is 3. The molecular formula is C17H22N2O. The van der Waals surface area contributed by atoms with E-state index in [1.807, 2.05) is 37.3 Å². The Morgan fingerprint density at radius 2 is 1.95 bits per heavy atom. The monoisotopic (exact) mass is 270 g/mol. The second-order valence-corrected chi connectivity index (χ2v) is 5.07. The first-order valence-electron chi connectivity index (χ1n) is 7.09. The number of nitrogens with two attached hydrogens (primary N) is 1. The van der Waals surface area contributed by atoms with Gasteiger partial charge in [0, 0.05) is 17.8 Å². The summed E-state index contributed by atoms with van der Waals surface area (Å²) in [4.78, 5) is 4.46. The largest absolute Gasteiger partial charge is 0.438 e. The maximum atomic E-state index is 6.04. The molecule has 3 nitrogen and oxygen atoms in total. The fourth-order valence-corrected chi connectivity index (χ4v) is 2.11. The summed E-state index contributed by atoms with van der Waals surface area (Å²) in [5.41, 5.74) is 8.82. The number of pyridine rings is 1. The highest BCUT2D eigenvalue weighted by Gasteiger charge is 2.12. The second kappa shape index (κ2) is 6.53. The Morgan fingerprint density at radius 3 is 2.65 bits per heavy atom. The van der Waals surface area contributed by atoms with Crippen molar-refractivity contribution in [3.63, 3.8) is 0 Å². The van der Waals surface area contributed by atoms with E-state index in [1.165, 1.54) is 5.56 Å². The van der Waals surface area contributed by atoms with Crippen molar-refractivity contribution in [3.05, 3.63) is 53.2 Å². The molecule has 2 rings (SSSR count). The van der Waals surface area contributed by atoms with Gasteiger partial charge in [-0.15, -0.1) is 0 Å². The van der Waals surface area contributed by atoms with Gasteiger partial charge in [0.25, 0.3) is 0 Å². The van der Waals surface area contributed by atoms with Crippen LogP contribution in [0.25, 0.3) is 0 Å². The molecule has 3 heteroatoms. The molecule has 1 heterocycles. The first-order valence-corrected chi connectivity index (χ1v) is 7.09. The van der Waals surface area contributed by atoms with Crippen molar-refractivity contribution in [2.45, 2.75) is 39.7 Å². The van der Waals surface area contributed by atoms with Crippen LogP contribution in [0.3, 0.4) is 0 Å². The van der Waals surface area contributed by atoms with Gasteiger partial charge in [-0.05, 0) is 37.0 Å². The number of benzene rings is 1. The molecule has 0 spiro atoms. The number of aromatic nitrogens is 1. The third-order valence-corrected chi connectivity index (χ3v) is 3.57. The van der Waals surface area contributed by atoms with Gasteiger partial charge in [-0.1, -0.05) is 38.1 Å². The number of ether oxygens (including phenoxy) is 1. The summed E-state index contributed by atoms with van der Waals surface area (Å²) in [7, 11) is 0. The van der Waals surface area contributed by atoms with E-state index < -0.39 is 0 Å². The van der Waals surface area contributed by atoms with Crippen molar-refractivity contribution in [3.8, 4) is 11.6 Å².